The van der Waals surface area contributed by atoms with Crippen molar-refractivity contribution < 1.29 is 9.53 Å². The number of aromatic nitrogens is 2. The molecule has 0 unspecified atom stereocenters. The second-order valence-electron chi connectivity index (χ2n) is 6.65. The van der Waals surface area contributed by atoms with Crippen molar-refractivity contribution in [2.45, 2.75) is 25.9 Å². The van der Waals surface area contributed by atoms with E-state index in [0.717, 1.165) is 40.4 Å². The molecule has 2 aromatic heterocycles. The molecular formula is C21H16N2O3S. The van der Waals surface area contributed by atoms with E-state index in [4.69, 9.17) is 4.74 Å². The van der Waals surface area contributed by atoms with E-state index in [0.29, 0.717) is 16.8 Å². The van der Waals surface area contributed by atoms with Crippen LogP contribution in [0.25, 0.3) is 21.0 Å². The Morgan fingerprint density at radius 1 is 1.15 bits per heavy atom. The van der Waals surface area contributed by atoms with E-state index in [1.807, 2.05) is 36.4 Å². The quantitative estimate of drug-likeness (QED) is 0.549. The van der Waals surface area contributed by atoms with E-state index < -0.39 is 5.97 Å². The van der Waals surface area contributed by atoms with Gasteiger partial charge in [-0.2, -0.15) is 0 Å². The van der Waals surface area contributed by atoms with Crippen molar-refractivity contribution in [3.05, 3.63) is 74.6 Å². The minimum absolute atomic E-state index is 0.0597. The van der Waals surface area contributed by atoms with Gasteiger partial charge in [0.15, 0.2) is 0 Å². The van der Waals surface area contributed by atoms with Crippen LogP contribution in [0.5, 0.6) is 0 Å². The number of nitrogens with zero attached hydrogens (tertiary/aromatic N) is 1. The van der Waals surface area contributed by atoms with Crippen LogP contribution in [-0.2, 0) is 24.2 Å². The van der Waals surface area contributed by atoms with Gasteiger partial charge in [0, 0.05) is 4.88 Å². The molecule has 134 valence electrons. The average molecular weight is 376 g/mol. The number of aryl methyl sites for hydroxylation is 2. The Hall–Kier alpha value is -2.99. The fraction of sp³-hybridized carbons (Fsp3) is 0.190. The van der Waals surface area contributed by atoms with E-state index in [1.165, 1.54) is 4.88 Å². The third-order valence-corrected chi connectivity index (χ3v) is 6.16. The van der Waals surface area contributed by atoms with Gasteiger partial charge in [-0.05, 0) is 41.7 Å². The lowest BCUT2D eigenvalue weighted by atomic mass is 10.1. The maximum Gasteiger partial charge on any atom is 0.339 e. The molecule has 5 rings (SSSR count). The highest BCUT2D eigenvalue weighted by Crippen LogP contribution is 2.34. The molecule has 0 atom stereocenters. The summed E-state index contributed by atoms with van der Waals surface area (Å²) in [5.41, 5.74) is 1.50. The third kappa shape index (κ3) is 2.73. The number of esters is 1. The van der Waals surface area contributed by atoms with Crippen molar-refractivity contribution in [3.63, 3.8) is 0 Å². The van der Waals surface area contributed by atoms with Crippen LogP contribution < -0.4 is 5.56 Å². The lowest BCUT2D eigenvalue weighted by Crippen LogP contribution is -2.14. The summed E-state index contributed by atoms with van der Waals surface area (Å²) < 4.78 is 5.44. The van der Waals surface area contributed by atoms with Crippen LogP contribution >= 0.6 is 11.3 Å². The highest BCUT2D eigenvalue weighted by atomic mass is 32.1. The molecular weight excluding hydrogens is 360 g/mol. The summed E-state index contributed by atoms with van der Waals surface area (Å²) in [5, 5.41) is 2.53. The van der Waals surface area contributed by atoms with E-state index in [-0.39, 0.29) is 12.2 Å². The molecule has 0 spiro atoms. The molecule has 0 aliphatic heterocycles. The van der Waals surface area contributed by atoms with E-state index >= 15 is 0 Å². The summed E-state index contributed by atoms with van der Waals surface area (Å²) in [7, 11) is 0. The van der Waals surface area contributed by atoms with Gasteiger partial charge in [-0.15, -0.1) is 11.3 Å². The summed E-state index contributed by atoms with van der Waals surface area (Å²) in [6, 6.07) is 13.2. The Morgan fingerprint density at radius 2 is 2.00 bits per heavy atom. The van der Waals surface area contributed by atoms with E-state index in [1.54, 1.807) is 17.4 Å². The lowest BCUT2D eigenvalue weighted by molar-refractivity contribution is 0.0465. The predicted molar refractivity (Wildman–Crippen MR) is 105 cm³/mol. The first-order valence-electron chi connectivity index (χ1n) is 8.89. The summed E-state index contributed by atoms with van der Waals surface area (Å²) >= 11 is 1.58. The minimum atomic E-state index is -0.428. The minimum Gasteiger partial charge on any atom is -0.454 e. The Morgan fingerprint density at radius 3 is 2.93 bits per heavy atom. The number of ether oxygens (including phenoxy) is 1. The van der Waals surface area contributed by atoms with Gasteiger partial charge < -0.3 is 9.72 Å². The molecule has 2 aromatic carbocycles. The summed E-state index contributed by atoms with van der Waals surface area (Å²) in [5.74, 6) is -0.0516. The third-order valence-electron chi connectivity index (χ3n) is 4.97. The number of carbonyl (C=O) groups excluding carboxylic acids is 1. The van der Waals surface area contributed by atoms with Crippen molar-refractivity contribution in [3.8, 4) is 0 Å². The zero-order valence-corrected chi connectivity index (χ0v) is 15.3. The van der Waals surface area contributed by atoms with Crippen molar-refractivity contribution in [2.75, 3.05) is 0 Å². The van der Waals surface area contributed by atoms with Crippen LogP contribution in [0, 0.1) is 0 Å². The Labute approximate surface area is 158 Å². The molecule has 6 heteroatoms. The fourth-order valence-electron chi connectivity index (χ4n) is 3.73. The van der Waals surface area contributed by atoms with E-state index in [9.17, 15) is 9.59 Å². The zero-order valence-electron chi connectivity index (χ0n) is 14.5. The standard InChI is InChI=1S/C21H16N2O3S/c24-19-18-15-9-4-10-16(15)27-20(18)23-17(22-19)11-26-21(25)14-8-3-6-12-5-1-2-7-13(12)14/h1-3,5-8H,4,9-11H2,(H,22,23,24). The average Bonchev–Trinajstić information content (AvgIpc) is 3.26. The molecule has 1 N–H and O–H groups in total. The number of benzene rings is 2. The number of aromatic amines is 1. The normalized spacial score (nSPS) is 13.2. The number of rotatable bonds is 3. The number of fused-ring (bicyclic) bond motifs is 4. The number of thiophene rings is 1. The first-order valence-corrected chi connectivity index (χ1v) is 9.71. The van der Waals surface area contributed by atoms with Crippen LogP contribution in [0.2, 0.25) is 0 Å². The molecule has 0 bridgehead atoms. The van der Waals surface area contributed by atoms with E-state index in [2.05, 4.69) is 9.97 Å². The molecule has 2 heterocycles. The van der Waals surface area contributed by atoms with Gasteiger partial charge in [0.1, 0.15) is 17.3 Å². The Kier molecular flexibility index (Phi) is 3.79. The number of nitrogens with one attached hydrogen (secondary N) is 1. The van der Waals surface area contributed by atoms with Gasteiger partial charge in [0.05, 0.1) is 10.9 Å². The number of H-pyrrole nitrogens is 1. The topological polar surface area (TPSA) is 72.0 Å². The molecule has 0 radical (unpaired) electrons. The maximum absolute atomic E-state index is 12.6. The predicted octanol–water partition coefficient (Wildman–Crippen LogP) is 3.98. The smallest absolute Gasteiger partial charge is 0.339 e. The van der Waals surface area contributed by atoms with Gasteiger partial charge in [0.2, 0.25) is 0 Å². The summed E-state index contributed by atoms with van der Waals surface area (Å²) in [4.78, 5) is 34.3. The molecule has 0 fully saturated rings. The highest BCUT2D eigenvalue weighted by molar-refractivity contribution is 7.18. The highest BCUT2D eigenvalue weighted by Gasteiger charge is 2.21. The Bertz CT molecular complexity index is 1250. The molecule has 27 heavy (non-hydrogen) atoms. The Balaban J connectivity index is 1.43. The van der Waals surface area contributed by atoms with Crippen molar-refractivity contribution in [2.24, 2.45) is 0 Å². The van der Waals surface area contributed by atoms with Crippen LogP contribution in [0.1, 0.15) is 33.0 Å². The molecule has 5 nitrogen and oxygen atoms in total. The van der Waals surface area contributed by atoms with Crippen LogP contribution in [0.4, 0.5) is 0 Å². The molecule has 1 aliphatic rings. The van der Waals surface area contributed by atoms with Crippen LogP contribution in [0.15, 0.2) is 47.3 Å². The first-order chi connectivity index (χ1) is 13.2. The van der Waals surface area contributed by atoms with Crippen LogP contribution in [0.3, 0.4) is 0 Å². The monoisotopic (exact) mass is 376 g/mol. The molecule has 0 saturated carbocycles. The second kappa shape index (κ2) is 6.32. The van der Waals surface area contributed by atoms with Gasteiger partial charge in [0.25, 0.3) is 5.56 Å². The van der Waals surface area contributed by atoms with Crippen LogP contribution in [-0.4, -0.2) is 15.9 Å². The van der Waals surface area contributed by atoms with Crippen molar-refractivity contribution in [1.82, 2.24) is 9.97 Å². The van der Waals surface area contributed by atoms with Gasteiger partial charge in [-0.3, -0.25) is 4.79 Å². The van der Waals surface area contributed by atoms with Crippen molar-refractivity contribution in [1.29, 1.82) is 0 Å². The number of hydrogen-bond acceptors (Lipinski definition) is 5. The zero-order chi connectivity index (χ0) is 18.4. The number of carbonyl (C=O) groups is 1. The molecule has 0 amide bonds. The van der Waals surface area contributed by atoms with Gasteiger partial charge in [-0.25, -0.2) is 9.78 Å². The molecule has 0 saturated heterocycles. The first kappa shape index (κ1) is 16.2. The fourth-order valence-corrected chi connectivity index (χ4v) is 5.01. The molecule has 1 aliphatic carbocycles. The summed E-state index contributed by atoms with van der Waals surface area (Å²) in [6.07, 6.45) is 3.05. The van der Waals surface area contributed by atoms with Gasteiger partial charge in [-0.1, -0.05) is 36.4 Å². The SMILES string of the molecule is O=C(OCc1nc2sc3c(c2c(=O)[nH]1)CCC3)c1cccc2ccccc12. The number of hydrogen-bond donors (Lipinski definition) is 1. The lowest BCUT2D eigenvalue weighted by Gasteiger charge is -2.07. The second-order valence-corrected chi connectivity index (χ2v) is 7.74. The van der Waals surface area contributed by atoms with Crippen molar-refractivity contribution >= 4 is 38.3 Å². The maximum atomic E-state index is 12.6. The van der Waals surface area contributed by atoms with Gasteiger partial charge >= 0.3 is 5.97 Å². The summed E-state index contributed by atoms with van der Waals surface area (Å²) in [6.45, 7) is -0.0597. The molecule has 4 aromatic rings. The largest absolute Gasteiger partial charge is 0.454 e.